The van der Waals surface area contributed by atoms with Gasteiger partial charge < -0.3 is 5.32 Å². The Kier molecular flexibility index (Phi) is 6.31. The molecule has 0 spiro atoms. The zero-order valence-corrected chi connectivity index (χ0v) is 12.6. The normalized spacial score (nSPS) is 17.2. The van der Waals surface area contributed by atoms with Crippen molar-refractivity contribution in [2.75, 3.05) is 13.1 Å². The Bertz CT molecular complexity index is 563. The van der Waals surface area contributed by atoms with Gasteiger partial charge in [0.25, 0.3) is 0 Å². The highest BCUT2D eigenvalue weighted by molar-refractivity contribution is 5.85. The van der Waals surface area contributed by atoms with Crippen LogP contribution in [0.2, 0.25) is 0 Å². The van der Waals surface area contributed by atoms with E-state index in [-0.39, 0.29) is 48.8 Å². The molecule has 0 bridgehead atoms. The first-order valence-corrected chi connectivity index (χ1v) is 6.46. The van der Waals surface area contributed by atoms with E-state index < -0.39 is 11.9 Å². The molecule has 0 aliphatic carbocycles. The predicted molar refractivity (Wildman–Crippen MR) is 76.7 cm³/mol. The summed E-state index contributed by atoms with van der Waals surface area (Å²) in [4.78, 5) is 19.1. The molecule has 0 saturated heterocycles. The Balaban J connectivity index is 0.00000242. The minimum atomic E-state index is -4.50. The number of carbonyl (C=O) groups is 1. The second-order valence-electron chi connectivity index (χ2n) is 4.66. The maximum atomic E-state index is 12.6. The fourth-order valence-corrected chi connectivity index (χ4v) is 1.94. The van der Waals surface area contributed by atoms with Gasteiger partial charge in [-0.25, -0.2) is 9.97 Å². The van der Waals surface area contributed by atoms with Crippen molar-refractivity contribution in [3.05, 3.63) is 35.4 Å². The molecule has 1 amide bonds. The molecule has 0 fully saturated rings. The van der Waals surface area contributed by atoms with Crippen molar-refractivity contribution >= 4 is 18.3 Å². The molecule has 122 valence electrons. The molecular weight excluding hydrogens is 321 g/mol. The minimum absolute atomic E-state index is 0. The molecule has 22 heavy (non-hydrogen) atoms. The molecule has 2 rings (SSSR count). The van der Waals surface area contributed by atoms with Crippen LogP contribution in [0.5, 0.6) is 0 Å². The zero-order chi connectivity index (χ0) is 15.5. The number of amides is 1. The average molecular weight is 337 g/mol. The first-order chi connectivity index (χ1) is 9.86. The monoisotopic (exact) mass is 336 g/mol. The van der Waals surface area contributed by atoms with E-state index in [4.69, 9.17) is 0 Å². The first kappa shape index (κ1) is 18.4. The third kappa shape index (κ3) is 4.96. The quantitative estimate of drug-likeness (QED) is 0.816. The van der Waals surface area contributed by atoms with Crippen LogP contribution in [0.25, 0.3) is 0 Å². The van der Waals surface area contributed by atoms with Crippen LogP contribution in [0.3, 0.4) is 0 Å². The molecule has 1 atom stereocenters. The number of nitrogens with one attached hydrogen (secondary N) is 2. The maximum absolute atomic E-state index is 12.6. The highest BCUT2D eigenvalue weighted by Crippen LogP contribution is 2.27. The Hall–Kier alpha value is -1.67. The largest absolute Gasteiger partial charge is 0.433 e. The molecule has 0 saturated carbocycles. The molecule has 1 aliphatic rings. The van der Waals surface area contributed by atoms with E-state index >= 15 is 0 Å². The second kappa shape index (κ2) is 7.55. The van der Waals surface area contributed by atoms with Crippen molar-refractivity contribution in [3.8, 4) is 0 Å². The number of alkyl halides is 3. The third-order valence-electron chi connectivity index (χ3n) is 2.91. The number of aromatic nitrogens is 2. The molecule has 5 nitrogen and oxygen atoms in total. The summed E-state index contributed by atoms with van der Waals surface area (Å²) in [6.45, 7) is 2.30. The number of halogens is 4. The van der Waals surface area contributed by atoms with Crippen LogP contribution in [0.15, 0.2) is 18.2 Å². The maximum Gasteiger partial charge on any atom is 0.433 e. The molecule has 1 aromatic rings. The Morgan fingerprint density at radius 2 is 2.18 bits per heavy atom. The van der Waals surface area contributed by atoms with Crippen molar-refractivity contribution in [2.24, 2.45) is 0 Å². The van der Waals surface area contributed by atoms with Crippen molar-refractivity contribution in [1.82, 2.24) is 20.6 Å². The highest BCUT2D eigenvalue weighted by Gasteiger charge is 2.33. The molecular formula is C13H16ClF3N4O. The van der Waals surface area contributed by atoms with Crippen LogP contribution in [-0.2, 0) is 17.4 Å². The fourth-order valence-electron chi connectivity index (χ4n) is 1.94. The van der Waals surface area contributed by atoms with Gasteiger partial charge in [0, 0.05) is 25.2 Å². The molecule has 2 heterocycles. The second-order valence-corrected chi connectivity index (χ2v) is 4.66. The Labute approximate surface area is 131 Å². The lowest BCUT2D eigenvalue weighted by molar-refractivity contribution is -0.141. The van der Waals surface area contributed by atoms with E-state index in [1.165, 1.54) is 6.92 Å². The van der Waals surface area contributed by atoms with Crippen LogP contribution >= 0.6 is 12.4 Å². The minimum Gasteiger partial charge on any atom is -0.354 e. The van der Waals surface area contributed by atoms with E-state index in [0.29, 0.717) is 6.54 Å². The first-order valence-electron chi connectivity index (χ1n) is 6.46. The Morgan fingerprint density at radius 3 is 2.77 bits per heavy atom. The number of aryl methyl sites for hydroxylation is 1. The van der Waals surface area contributed by atoms with Gasteiger partial charge in [-0.15, -0.1) is 12.4 Å². The number of carbonyl (C=O) groups excluding carboxylic acids is 1. The Morgan fingerprint density at radius 1 is 1.45 bits per heavy atom. The van der Waals surface area contributed by atoms with Crippen molar-refractivity contribution < 1.29 is 18.0 Å². The molecule has 0 radical (unpaired) electrons. The van der Waals surface area contributed by atoms with Gasteiger partial charge >= 0.3 is 6.18 Å². The van der Waals surface area contributed by atoms with Gasteiger partial charge in [-0.2, -0.15) is 13.2 Å². The number of hydrogen-bond donors (Lipinski definition) is 2. The third-order valence-corrected chi connectivity index (χ3v) is 2.91. The van der Waals surface area contributed by atoms with Gasteiger partial charge in [-0.3, -0.25) is 10.1 Å². The van der Waals surface area contributed by atoms with Crippen LogP contribution < -0.4 is 10.6 Å². The molecule has 1 aliphatic heterocycles. The van der Waals surface area contributed by atoms with Crippen molar-refractivity contribution in [2.45, 2.75) is 25.6 Å². The molecule has 1 aromatic heterocycles. The summed E-state index contributed by atoms with van der Waals surface area (Å²) in [6, 6.07) is 0.518. The lowest BCUT2D eigenvalue weighted by Crippen LogP contribution is -2.41. The summed E-state index contributed by atoms with van der Waals surface area (Å²) in [5, 5.41) is 5.58. The SMILES string of the molecule is Cc1cc(C(F)(F)F)nc(CCNC(=O)C2C=CCN2)n1.Cl. The van der Waals surface area contributed by atoms with Gasteiger partial charge in [0.05, 0.1) is 0 Å². The van der Waals surface area contributed by atoms with Crippen molar-refractivity contribution in [1.29, 1.82) is 0 Å². The van der Waals surface area contributed by atoms with Gasteiger partial charge in [0.1, 0.15) is 17.6 Å². The summed E-state index contributed by atoms with van der Waals surface area (Å²) in [5.74, 6) is -0.148. The summed E-state index contributed by atoms with van der Waals surface area (Å²) in [6.07, 6.45) is -0.777. The average Bonchev–Trinajstić information content (AvgIpc) is 2.90. The molecule has 1 unspecified atom stereocenters. The van der Waals surface area contributed by atoms with E-state index in [9.17, 15) is 18.0 Å². The smallest absolute Gasteiger partial charge is 0.354 e. The predicted octanol–water partition coefficient (Wildman–Crippen LogP) is 1.41. The van der Waals surface area contributed by atoms with Gasteiger partial charge in [-0.05, 0) is 13.0 Å². The molecule has 9 heteroatoms. The van der Waals surface area contributed by atoms with E-state index in [0.717, 1.165) is 6.07 Å². The molecule has 0 aromatic carbocycles. The van der Waals surface area contributed by atoms with Gasteiger partial charge in [-0.1, -0.05) is 12.2 Å². The lowest BCUT2D eigenvalue weighted by atomic mass is 10.2. The van der Waals surface area contributed by atoms with Crippen LogP contribution in [-0.4, -0.2) is 35.0 Å². The highest BCUT2D eigenvalue weighted by atomic mass is 35.5. The number of nitrogens with zero attached hydrogens (tertiary/aromatic N) is 2. The summed E-state index contributed by atoms with van der Waals surface area (Å²) in [7, 11) is 0. The van der Waals surface area contributed by atoms with E-state index in [1.54, 1.807) is 6.08 Å². The lowest BCUT2D eigenvalue weighted by Gasteiger charge is -2.11. The van der Waals surface area contributed by atoms with Gasteiger partial charge in [0.2, 0.25) is 5.91 Å². The number of hydrogen-bond acceptors (Lipinski definition) is 4. The summed E-state index contributed by atoms with van der Waals surface area (Å²) < 4.78 is 37.9. The summed E-state index contributed by atoms with van der Waals surface area (Å²) in [5.41, 5.74) is -0.712. The van der Waals surface area contributed by atoms with Crippen LogP contribution in [0.4, 0.5) is 13.2 Å². The van der Waals surface area contributed by atoms with Crippen molar-refractivity contribution in [3.63, 3.8) is 0 Å². The van der Waals surface area contributed by atoms with E-state index in [2.05, 4.69) is 20.6 Å². The summed E-state index contributed by atoms with van der Waals surface area (Å²) >= 11 is 0. The zero-order valence-electron chi connectivity index (χ0n) is 11.8. The fraction of sp³-hybridized carbons (Fsp3) is 0.462. The van der Waals surface area contributed by atoms with Crippen LogP contribution in [0, 0.1) is 6.92 Å². The van der Waals surface area contributed by atoms with Crippen LogP contribution in [0.1, 0.15) is 17.2 Å². The van der Waals surface area contributed by atoms with Gasteiger partial charge in [0.15, 0.2) is 0 Å². The van der Waals surface area contributed by atoms with E-state index in [1.807, 2.05) is 6.08 Å². The molecule has 2 N–H and O–H groups in total. The number of rotatable bonds is 4. The standard InChI is InChI=1S/C13H15F3N4O.ClH/c1-8-7-10(13(14,15)16)20-11(19-8)4-6-18-12(21)9-3-2-5-17-9;/h2-3,7,9,17H,4-6H2,1H3,(H,18,21);1H. The topological polar surface area (TPSA) is 66.9 Å².